The summed E-state index contributed by atoms with van der Waals surface area (Å²) in [6.07, 6.45) is 1.98. The zero-order chi connectivity index (χ0) is 4.41. The summed E-state index contributed by atoms with van der Waals surface area (Å²) in [6, 6.07) is 0. The maximum absolute atomic E-state index is 3.94. The number of hydrogen-bond donors (Lipinski definition) is 0. The van der Waals surface area contributed by atoms with Gasteiger partial charge in [-0.3, -0.25) is 0 Å². The normalized spacial score (nSPS) is 9.00. The van der Waals surface area contributed by atoms with Crippen molar-refractivity contribution in [1.29, 1.82) is 0 Å². The van der Waals surface area contributed by atoms with E-state index in [0.29, 0.717) is 14.5 Å². The van der Waals surface area contributed by atoms with Crippen LogP contribution in [0.1, 0.15) is 0 Å². The van der Waals surface area contributed by atoms with E-state index in [0.717, 1.165) is 0 Å². The fourth-order valence-electron chi connectivity index (χ4n) is 0.279. The predicted octanol–water partition coefficient (Wildman–Crippen LogP) is -1.07. The molecule has 26 valence electrons. The van der Waals surface area contributed by atoms with Gasteiger partial charge in [0.15, 0.2) is 0 Å². The first-order chi connectivity index (χ1) is 2.89. The van der Waals surface area contributed by atoms with E-state index in [1.807, 2.05) is 11.3 Å². The summed E-state index contributed by atoms with van der Waals surface area (Å²) in [5.74, 6) is 0. The second-order valence-electron chi connectivity index (χ2n) is 1.11. The summed E-state index contributed by atoms with van der Waals surface area (Å²) in [6.45, 7) is 0. The number of aromatic nitrogens is 1. The molecule has 0 N–H and O–H groups in total. The van der Waals surface area contributed by atoms with Crippen LogP contribution >= 0.6 is 0 Å². The topological polar surface area (TPSA) is 12.9 Å². The minimum atomic E-state index is 0.659. The van der Waals surface area contributed by atoms with Crippen LogP contribution in [0.4, 0.5) is 0 Å². The second-order valence-corrected chi connectivity index (χ2v) is 6.10. The molecule has 0 saturated carbocycles. The molecule has 1 nitrogen and oxygen atoms in total. The van der Waals surface area contributed by atoms with Crippen LogP contribution in [0.5, 0.6) is 0 Å². The van der Waals surface area contributed by atoms with Crippen LogP contribution in [0.2, 0.25) is 0 Å². The molecule has 6 heavy (non-hydrogen) atoms. The zero-order valence-electron chi connectivity index (χ0n) is 3.51. The van der Waals surface area contributed by atoms with E-state index >= 15 is 0 Å². The van der Waals surface area contributed by atoms with Gasteiger partial charge in [-0.1, -0.05) is 0 Å². The molecular formula is C3H2NNaSe. The van der Waals surface area contributed by atoms with Gasteiger partial charge in [0.2, 0.25) is 0 Å². The van der Waals surface area contributed by atoms with Crippen molar-refractivity contribution in [3.63, 3.8) is 0 Å². The van der Waals surface area contributed by atoms with Gasteiger partial charge in [-0.25, -0.2) is 0 Å². The Bertz CT molecular complexity index is 114. The van der Waals surface area contributed by atoms with Crippen molar-refractivity contribution in [3.05, 3.63) is 11.3 Å². The molecule has 0 aliphatic rings. The number of nitrogens with zero attached hydrogens (tertiary/aromatic N) is 1. The van der Waals surface area contributed by atoms with E-state index in [1.54, 1.807) is 1.69 Å². The maximum atomic E-state index is 3.94. The Kier molecular flexibility index (Phi) is 1.94. The molecule has 0 aliphatic carbocycles. The minimum absolute atomic E-state index is 0.659. The van der Waals surface area contributed by atoms with Crippen molar-refractivity contribution in [2.24, 2.45) is 0 Å². The van der Waals surface area contributed by atoms with Gasteiger partial charge in [0.1, 0.15) is 0 Å². The van der Waals surface area contributed by atoms with E-state index in [-0.39, 0.29) is 0 Å². The van der Waals surface area contributed by atoms with Crippen LogP contribution in [0, 0.1) is 0 Å². The summed E-state index contributed by atoms with van der Waals surface area (Å²) < 4.78 is 1.56. The summed E-state index contributed by atoms with van der Waals surface area (Å²) in [7, 11) is 0. The average molecular weight is 154 g/mol. The molecule has 0 amide bonds. The molecule has 0 aromatic carbocycles. The van der Waals surface area contributed by atoms with E-state index in [2.05, 4.69) is 4.98 Å². The Morgan fingerprint density at radius 3 is 2.83 bits per heavy atom. The fourth-order valence-corrected chi connectivity index (χ4v) is 1.84. The zero-order valence-corrected chi connectivity index (χ0v) is 7.22. The van der Waals surface area contributed by atoms with Gasteiger partial charge in [-0.15, -0.1) is 0 Å². The predicted molar refractivity (Wildman–Crippen MR) is 26.6 cm³/mol. The molecule has 0 aliphatic heterocycles. The Labute approximate surface area is 59.9 Å². The van der Waals surface area contributed by atoms with Crippen molar-refractivity contribution in [2.75, 3.05) is 0 Å². The van der Waals surface area contributed by atoms with Crippen molar-refractivity contribution >= 4 is 44.1 Å². The summed E-state index contributed by atoms with van der Waals surface area (Å²) in [4.78, 5) is 3.94. The molecule has 0 radical (unpaired) electrons. The SMILES string of the molecule is [Na][c]1cnc[se]1. The van der Waals surface area contributed by atoms with Crippen LogP contribution in [-0.4, -0.2) is 47.4 Å². The molecule has 1 heterocycles. The van der Waals surface area contributed by atoms with Crippen molar-refractivity contribution in [3.8, 4) is 0 Å². The molecule has 0 saturated heterocycles. The van der Waals surface area contributed by atoms with Gasteiger partial charge in [0.25, 0.3) is 0 Å². The van der Waals surface area contributed by atoms with E-state index < -0.39 is 0 Å². The number of hydrogen-bond acceptors (Lipinski definition) is 1. The first kappa shape index (κ1) is 5.07. The van der Waals surface area contributed by atoms with E-state index in [1.165, 1.54) is 27.9 Å². The third-order valence-corrected chi connectivity index (χ3v) is 3.52. The average Bonchev–Trinajstić information content (AvgIpc) is 1.86. The molecular weight excluding hydrogens is 152 g/mol. The molecule has 1 rings (SSSR count). The molecule has 0 spiro atoms. The van der Waals surface area contributed by atoms with Crippen molar-refractivity contribution < 1.29 is 0 Å². The van der Waals surface area contributed by atoms with E-state index in [9.17, 15) is 0 Å². The van der Waals surface area contributed by atoms with Crippen LogP contribution in [0.25, 0.3) is 0 Å². The molecule has 0 bridgehead atoms. The molecule has 1 aromatic heterocycles. The Morgan fingerprint density at radius 1 is 1.83 bits per heavy atom. The van der Waals surface area contributed by atoms with Gasteiger partial charge in [0.05, 0.1) is 0 Å². The standard InChI is InChI=1S/C3H2NSe.Na/c1-2-5-3-4-1;/h1,3H;. The quantitative estimate of drug-likeness (QED) is 0.433. The van der Waals surface area contributed by atoms with Crippen LogP contribution in [0.3, 0.4) is 0 Å². The Hall–Kier alpha value is 0.929. The van der Waals surface area contributed by atoms with Gasteiger partial charge < -0.3 is 0 Å². The van der Waals surface area contributed by atoms with Gasteiger partial charge in [0, 0.05) is 0 Å². The summed E-state index contributed by atoms with van der Waals surface area (Å²) >= 11 is 1.88. The van der Waals surface area contributed by atoms with Gasteiger partial charge >= 0.3 is 60.4 Å². The molecule has 0 unspecified atom stereocenters. The van der Waals surface area contributed by atoms with Gasteiger partial charge in [-0.05, 0) is 0 Å². The molecule has 0 atom stereocenters. The number of rotatable bonds is 0. The molecule has 0 fully saturated rings. The first-order valence-corrected chi connectivity index (χ1v) is 4.59. The molecule has 1 aromatic rings. The fraction of sp³-hybridized carbons (Fsp3) is 0. The summed E-state index contributed by atoms with van der Waals surface area (Å²) in [5.41, 5.74) is 0. The Balaban J connectivity index is 3.05. The third kappa shape index (κ3) is 1.21. The summed E-state index contributed by atoms with van der Waals surface area (Å²) in [5, 5.41) is 2.01. The van der Waals surface area contributed by atoms with Crippen LogP contribution < -0.4 is 1.69 Å². The van der Waals surface area contributed by atoms with E-state index in [4.69, 9.17) is 0 Å². The van der Waals surface area contributed by atoms with Crippen LogP contribution in [-0.2, 0) is 0 Å². The van der Waals surface area contributed by atoms with Crippen molar-refractivity contribution in [2.45, 2.75) is 0 Å². The van der Waals surface area contributed by atoms with Crippen LogP contribution in [0.15, 0.2) is 11.3 Å². The monoisotopic (exact) mass is 155 g/mol. The second kappa shape index (κ2) is 2.29. The molecule has 3 heteroatoms. The Morgan fingerprint density at radius 2 is 2.67 bits per heavy atom. The van der Waals surface area contributed by atoms with Gasteiger partial charge in [-0.2, -0.15) is 0 Å². The third-order valence-electron chi connectivity index (χ3n) is 0.556. The first-order valence-electron chi connectivity index (χ1n) is 1.74. The van der Waals surface area contributed by atoms with Crippen molar-refractivity contribution in [1.82, 2.24) is 4.98 Å².